The van der Waals surface area contributed by atoms with Crippen molar-refractivity contribution in [1.29, 1.82) is 0 Å². The van der Waals surface area contributed by atoms with Gasteiger partial charge in [-0.2, -0.15) is 5.10 Å². The first-order valence-electron chi connectivity index (χ1n) is 12.3. The molecule has 5 aromatic rings. The molecule has 4 aromatic heterocycles. The summed E-state index contributed by atoms with van der Waals surface area (Å²) in [5.74, 6) is 2.07. The van der Waals surface area contributed by atoms with Crippen LogP contribution in [0.15, 0.2) is 60.0 Å². The van der Waals surface area contributed by atoms with Crippen LogP contribution in [-0.4, -0.2) is 46.7 Å². The highest BCUT2D eigenvalue weighted by Gasteiger charge is 2.36. The summed E-state index contributed by atoms with van der Waals surface area (Å²) in [4.78, 5) is 32.8. The van der Waals surface area contributed by atoms with Gasteiger partial charge >= 0.3 is 0 Å². The zero-order valence-corrected chi connectivity index (χ0v) is 19.5. The number of fused-ring (bicyclic) bond motifs is 2. The zero-order chi connectivity index (χ0) is 23.5. The lowest BCUT2D eigenvalue weighted by Gasteiger charge is -2.31. The van der Waals surface area contributed by atoms with E-state index in [1.165, 1.54) is 0 Å². The second-order valence-electron chi connectivity index (χ2n) is 9.66. The average Bonchev–Trinajstić information content (AvgIpc) is 3.27. The van der Waals surface area contributed by atoms with Crippen molar-refractivity contribution < 1.29 is 0 Å². The molecule has 1 aliphatic carbocycles. The van der Waals surface area contributed by atoms with Crippen LogP contribution in [0.5, 0.6) is 0 Å². The number of nitrogens with zero attached hydrogens (tertiary/aromatic N) is 7. The van der Waals surface area contributed by atoms with Gasteiger partial charge in [-0.3, -0.25) is 9.36 Å². The molecular formula is C26H26N8O. The smallest absolute Gasteiger partial charge is 0.282 e. The fourth-order valence-corrected chi connectivity index (χ4v) is 5.67. The van der Waals surface area contributed by atoms with Crippen LogP contribution in [0, 0.1) is 0 Å². The van der Waals surface area contributed by atoms with Crippen LogP contribution >= 0.6 is 0 Å². The number of H-pyrrole nitrogens is 1. The zero-order valence-electron chi connectivity index (χ0n) is 19.5. The van der Waals surface area contributed by atoms with Crippen LogP contribution in [-0.2, 0) is 0 Å². The van der Waals surface area contributed by atoms with Crippen LogP contribution in [0.1, 0.15) is 55.8 Å². The summed E-state index contributed by atoms with van der Waals surface area (Å²) in [6.07, 6.45) is 9.48. The van der Waals surface area contributed by atoms with Gasteiger partial charge < -0.3 is 9.88 Å². The second kappa shape index (κ2) is 7.76. The maximum Gasteiger partial charge on any atom is 0.282 e. The Morgan fingerprint density at radius 2 is 1.91 bits per heavy atom. The summed E-state index contributed by atoms with van der Waals surface area (Å²) in [7, 11) is 0. The first kappa shape index (κ1) is 20.4. The van der Waals surface area contributed by atoms with Crippen molar-refractivity contribution in [3.63, 3.8) is 0 Å². The van der Waals surface area contributed by atoms with Gasteiger partial charge in [-0.1, -0.05) is 25.1 Å². The third kappa shape index (κ3) is 3.18. The van der Waals surface area contributed by atoms with Crippen LogP contribution in [0.3, 0.4) is 0 Å². The quantitative estimate of drug-likeness (QED) is 0.423. The van der Waals surface area contributed by atoms with Gasteiger partial charge in [-0.05, 0) is 55.4 Å². The minimum atomic E-state index is -0.0190. The van der Waals surface area contributed by atoms with Crippen LogP contribution < -0.4 is 10.5 Å². The van der Waals surface area contributed by atoms with Crippen molar-refractivity contribution in [2.45, 2.75) is 50.5 Å². The fraction of sp³-hybridized carbons (Fsp3) is 0.346. The van der Waals surface area contributed by atoms with E-state index in [0.717, 1.165) is 60.6 Å². The highest BCUT2D eigenvalue weighted by atomic mass is 16.1. The lowest BCUT2D eigenvalue weighted by Crippen LogP contribution is -2.38. The molecule has 9 heteroatoms. The Labute approximate surface area is 201 Å². The normalized spacial score (nSPS) is 19.1. The Morgan fingerprint density at radius 1 is 1.06 bits per heavy atom. The Morgan fingerprint density at radius 3 is 2.74 bits per heavy atom. The van der Waals surface area contributed by atoms with Crippen LogP contribution in [0.2, 0.25) is 0 Å². The van der Waals surface area contributed by atoms with Gasteiger partial charge in [-0.25, -0.2) is 19.5 Å². The standard InChI is InChI=1S/C26H26N8O/c1-16(20-8-5-12-32(20)25-21-23(28-14-27-21)29-15-30-25)24-31-33-13-11-19(17-9-10-17)22(33)26(35)34(24)18-6-3-2-4-7-18/h2-4,6-7,11,13-17,20H,5,8-10,12H2,1H3,(H,27,28,29,30). The molecule has 2 atom stereocenters. The first-order chi connectivity index (χ1) is 17.2. The number of anilines is 1. The van der Waals surface area contributed by atoms with Gasteiger partial charge in [0.2, 0.25) is 0 Å². The maximum atomic E-state index is 14.0. The van der Waals surface area contributed by atoms with E-state index in [-0.39, 0.29) is 17.5 Å². The molecule has 1 saturated heterocycles. The molecule has 1 N–H and O–H groups in total. The lowest BCUT2D eigenvalue weighted by atomic mass is 9.98. The molecule has 0 radical (unpaired) electrons. The predicted octanol–water partition coefficient (Wildman–Crippen LogP) is 3.80. The van der Waals surface area contributed by atoms with Gasteiger partial charge in [0.15, 0.2) is 11.5 Å². The highest BCUT2D eigenvalue weighted by molar-refractivity contribution is 5.83. The lowest BCUT2D eigenvalue weighted by molar-refractivity contribution is 0.512. The van der Waals surface area contributed by atoms with Crippen molar-refractivity contribution in [2.24, 2.45) is 0 Å². The average molecular weight is 467 g/mol. The Kier molecular flexibility index (Phi) is 4.52. The van der Waals surface area contributed by atoms with Crippen molar-refractivity contribution in [3.8, 4) is 5.69 Å². The van der Waals surface area contributed by atoms with E-state index in [0.29, 0.717) is 17.1 Å². The molecule has 2 unspecified atom stereocenters. The summed E-state index contributed by atoms with van der Waals surface area (Å²) in [5.41, 5.74) is 4.17. The summed E-state index contributed by atoms with van der Waals surface area (Å²) in [5, 5.41) is 5.07. The number of nitrogens with one attached hydrogen (secondary N) is 1. The van der Waals surface area contributed by atoms with Crippen LogP contribution in [0.4, 0.5) is 5.82 Å². The Balaban J connectivity index is 1.39. The van der Waals surface area contributed by atoms with Gasteiger partial charge in [-0.15, -0.1) is 0 Å². The number of aromatic amines is 1. The van der Waals surface area contributed by atoms with Crippen LogP contribution in [0.25, 0.3) is 22.4 Å². The minimum Gasteiger partial charge on any atom is -0.351 e. The summed E-state index contributed by atoms with van der Waals surface area (Å²) < 4.78 is 3.63. The van der Waals surface area contributed by atoms with Crippen molar-refractivity contribution in [1.82, 2.24) is 34.1 Å². The molecule has 0 bridgehead atoms. The minimum absolute atomic E-state index is 0.00231. The molecule has 35 heavy (non-hydrogen) atoms. The van der Waals surface area contributed by atoms with E-state index >= 15 is 0 Å². The number of hydrogen-bond acceptors (Lipinski definition) is 6. The molecule has 1 aliphatic heterocycles. The summed E-state index contributed by atoms with van der Waals surface area (Å²) in [6, 6.07) is 12.1. The maximum absolute atomic E-state index is 14.0. The second-order valence-corrected chi connectivity index (χ2v) is 9.66. The highest BCUT2D eigenvalue weighted by Crippen LogP contribution is 2.42. The molecule has 7 rings (SSSR count). The third-order valence-electron chi connectivity index (χ3n) is 7.53. The monoisotopic (exact) mass is 466 g/mol. The van der Waals surface area contributed by atoms with E-state index in [1.807, 2.05) is 41.1 Å². The molecule has 0 spiro atoms. The largest absolute Gasteiger partial charge is 0.351 e. The van der Waals surface area contributed by atoms with E-state index in [4.69, 9.17) is 5.10 Å². The molecular weight excluding hydrogens is 440 g/mol. The van der Waals surface area contributed by atoms with Crippen molar-refractivity contribution in [2.75, 3.05) is 11.4 Å². The Bertz CT molecular complexity index is 1600. The van der Waals surface area contributed by atoms with Crippen molar-refractivity contribution >= 4 is 22.5 Å². The van der Waals surface area contributed by atoms with E-state index in [1.54, 1.807) is 17.2 Å². The van der Waals surface area contributed by atoms with E-state index in [2.05, 4.69) is 37.8 Å². The summed E-state index contributed by atoms with van der Waals surface area (Å²) in [6.45, 7) is 3.06. The SMILES string of the molecule is CC(c1nn2ccc(C3CC3)c2c(=O)n1-c1ccccc1)C1CCCN1c1ncnc2nc[nH]c12. The van der Waals surface area contributed by atoms with E-state index in [9.17, 15) is 4.79 Å². The Hall–Kier alpha value is -4.01. The van der Waals surface area contributed by atoms with Gasteiger partial charge in [0, 0.05) is 24.7 Å². The molecule has 2 aliphatic rings. The predicted molar refractivity (Wildman–Crippen MR) is 133 cm³/mol. The van der Waals surface area contributed by atoms with Gasteiger partial charge in [0.05, 0.1) is 12.0 Å². The number of rotatable bonds is 5. The molecule has 176 valence electrons. The number of aromatic nitrogens is 7. The molecule has 1 saturated carbocycles. The van der Waals surface area contributed by atoms with Gasteiger partial charge in [0.1, 0.15) is 23.2 Å². The molecule has 5 heterocycles. The molecule has 1 aromatic carbocycles. The van der Waals surface area contributed by atoms with Crippen molar-refractivity contribution in [3.05, 3.63) is 77.0 Å². The topological polar surface area (TPSA) is 97.0 Å². The number of imidazole rings is 1. The number of hydrogen-bond donors (Lipinski definition) is 1. The van der Waals surface area contributed by atoms with E-state index < -0.39 is 0 Å². The number of para-hydroxylation sites is 1. The molecule has 2 fully saturated rings. The number of benzene rings is 1. The van der Waals surface area contributed by atoms with Gasteiger partial charge in [0.25, 0.3) is 5.56 Å². The first-order valence-corrected chi connectivity index (χ1v) is 12.3. The molecule has 0 amide bonds. The molecule has 9 nitrogen and oxygen atoms in total. The third-order valence-corrected chi connectivity index (χ3v) is 7.53. The fourth-order valence-electron chi connectivity index (χ4n) is 5.67. The summed E-state index contributed by atoms with van der Waals surface area (Å²) >= 11 is 0.